The SMILES string of the molecule is O=C(Nc1ccc(Cl)cc1)Nc1n[nH]c2ccc(-c3nnn(Cc4ccccc4)c3C3CC3)cc12. The van der Waals surface area contributed by atoms with Gasteiger partial charge < -0.3 is 5.32 Å². The number of hydrogen-bond acceptors (Lipinski definition) is 4. The van der Waals surface area contributed by atoms with Crippen LogP contribution < -0.4 is 10.6 Å². The Morgan fingerprint density at radius 1 is 1.03 bits per heavy atom. The highest BCUT2D eigenvalue weighted by molar-refractivity contribution is 6.30. The number of nitrogens with one attached hydrogen (secondary N) is 3. The van der Waals surface area contributed by atoms with E-state index in [0.29, 0.717) is 29.0 Å². The van der Waals surface area contributed by atoms with Crippen molar-refractivity contribution in [2.24, 2.45) is 0 Å². The molecule has 0 bridgehead atoms. The third-order valence-electron chi connectivity index (χ3n) is 6.08. The first-order chi connectivity index (χ1) is 17.1. The number of urea groups is 1. The van der Waals surface area contributed by atoms with Gasteiger partial charge in [-0.1, -0.05) is 53.2 Å². The van der Waals surface area contributed by atoms with Crippen LogP contribution >= 0.6 is 11.6 Å². The van der Waals surface area contributed by atoms with E-state index in [4.69, 9.17) is 11.6 Å². The first-order valence-corrected chi connectivity index (χ1v) is 11.8. The van der Waals surface area contributed by atoms with Crippen LogP contribution in [0.2, 0.25) is 5.02 Å². The molecule has 1 saturated carbocycles. The van der Waals surface area contributed by atoms with Crippen molar-refractivity contribution in [1.29, 1.82) is 0 Å². The van der Waals surface area contributed by atoms with E-state index in [0.717, 1.165) is 40.7 Å². The summed E-state index contributed by atoms with van der Waals surface area (Å²) in [6.45, 7) is 0.686. The Bertz CT molecular complexity index is 1500. The van der Waals surface area contributed by atoms with Gasteiger partial charge >= 0.3 is 6.03 Å². The molecular weight excluding hydrogens is 462 g/mol. The Kier molecular flexibility index (Phi) is 5.42. The average Bonchev–Trinajstić information content (AvgIpc) is 3.51. The fraction of sp³-hybridized carbons (Fsp3) is 0.154. The quantitative estimate of drug-likeness (QED) is 0.274. The van der Waals surface area contributed by atoms with Gasteiger partial charge in [-0.25, -0.2) is 9.48 Å². The number of carbonyl (C=O) groups is 1. The van der Waals surface area contributed by atoms with E-state index in [1.165, 1.54) is 5.56 Å². The lowest BCUT2D eigenvalue weighted by Crippen LogP contribution is -2.19. The second-order valence-corrected chi connectivity index (χ2v) is 9.10. The van der Waals surface area contributed by atoms with E-state index in [1.807, 2.05) is 41.1 Å². The second-order valence-electron chi connectivity index (χ2n) is 8.66. The molecule has 2 amide bonds. The number of nitrogens with zero attached hydrogens (tertiary/aromatic N) is 4. The van der Waals surface area contributed by atoms with Crippen LogP contribution in [0.15, 0.2) is 72.8 Å². The molecule has 2 aromatic heterocycles. The van der Waals surface area contributed by atoms with Crippen molar-refractivity contribution in [2.45, 2.75) is 25.3 Å². The fourth-order valence-electron chi connectivity index (χ4n) is 4.22. The number of halogens is 1. The van der Waals surface area contributed by atoms with Crippen LogP contribution in [0.3, 0.4) is 0 Å². The summed E-state index contributed by atoms with van der Waals surface area (Å²) in [5.74, 6) is 0.907. The number of benzene rings is 3. The van der Waals surface area contributed by atoms with Crippen LogP contribution in [0.4, 0.5) is 16.3 Å². The second kappa shape index (κ2) is 8.88. The van der Waals surface area contributed by atoms with Gasteiger partial charge in [-0.3, -0.25) is 10.4 Å². The zero-order chi connectivity index (χ0) is 23.8. The van der Waals surface area contributed by atoms with Crippen molar-refractivity contribution in [3.05, 3.63) is 89.1 Å². The Balaban J connectivity index is 1.29. The van der Waals surface area contributed by atoms with Gasteiger partial charge in [0.2, 0.25) is 0 Å². The van der Waals surface area contributed by atoms with E-state index in [-0.39, 0.29) is 0 Å². The number of rotatable bonds is 6. The minimum absolute atomic E-state index is 0.390. The maximum absolute atomic E-state index is 12.6. The van der Waals surface area contributed by atoms with E-state index < -0.39 is 6.03 Å². The highest BCUT2D eigenvalue weighted by Crippen LogP contribution is 2.44. The van der Waals surface area contributed by atoms with Crippen molar-refractivity contribution in [3.8, 4) is 11.3 Å². The predicted octanol–water partition coefficient (Wildman–Crippen LogP) is 6.04. The van der Waals surface area contributed by atoms with Crippen molar-refractivity contribution in [3.63, 3.8) is 0 Å². The standard InChI is InChI=1S/C26H22ClN7O/c27-19-9-11-20(12-10-19)28-26(35)29-25-21-14-18(8-13-22(21)30-32-25)23-24(17-6-7-17)34(33-31-23)15-16-4-2-1-3-5-16/h1-5,8-14,17H,6-7,15H2,(H3,28,29,30,32,35). The van der Waals surface area contributed by atoms with Crippen LogP contribution in [0.5, 0.6) is 0 Å². The van der Waals surface area contributed by atoms with Gasteiger partial charge in [0.25, 0.3) is 0 Å². The third kappa shape index (κ3) is 4.48. The zero-order valence-electron chi connectivity index (χ0n) is 18.7. The number of fused-ring (bicyclic) bond motifs is 1. The first-order valence-electron chi connectivity index (χ1n) is 11.4. The summed E-state index contributed by atoms with van der Waals surface area (Å²) in [4.78, 5) is 12.6. The van der Waals surface area contributed by atoms with Crippen LogP contribution in [0.1, 0.15) is 30.0 Å². The number of aromatic amines is 1. The predicted molar refractivity (Wildman–Crippen MR) is 137 cm³/mol. The molecule has 8 nitrogen and oxygen atoms in total. The summed E-state index contributed by atoms with van der Waals surface area (Å²) in [7, 11) is 0. The lowest BCUT2D eigenvalue weighted by atomic mass is 10.1. The van der Waals surface area contributed by atoms with Gasteiger partial charge in [-0.15, -0.1) is 5.10 Å². The zero-order valence-corrected chi connectivity index (χ0v) is 19.5. The molecule has 0 unspecified atom stereocenters. The normalized spacial score (nSPS) is 13.2. The van der Waals surface area contributed by atoms with Gasteiger partial charge in [-0.05, 0) is 54.8 Å². The summed E-state index contributed by atoms with van der Waals surface area (Å²) in [6.07, 6.45) is 2.28. The van der Waals surface area contributed by atoms with Crippen LogP contribution in [0, 0.1) is 0 Å². The molecule has 1 aliphatic carbocycles. The number of aromatic nitrogens is 5. The molecule has 0 saturated heterocycles. The number of hydrogen-bond donors (Lipinski definition) is 3. The summed E-state index contributed by atoms with van der Waals surface area (Å²) in [5.41, 5.74) is 5.63. The molecule has 35 heavy (non-hydrogen) atoms. The Morgan fingerprint density at radius 3 is 2.60 bits per heavy atom. The molecule has 0 aliphatic heterocycles. The maximum Gasteiger partial charge on any atom is 0.324 e. The molecular formula is C26H22ClN7O. The van der Waals surface area contributed by atoms with E-state index in [9.17, 15) is 4.79 Å². The van der Waals surface area contributed by atoms with Gasteiger partial charge in [0.1, 0.15) is 5.69 Å². The largest absolute Gasteiger partial charge is 0.324 e. The molecule has 3 aromatic carbocycles. The van der Waals surface area contributed by atoms with Gasteiger partial charge in [-0.2, -0.15) is 5.10 Å². The van der Waals surface area contributed by atoms with E-state index in [2.05, 4.69) is 43.3 Å². The molecule has 174 valence electrons. The molecule has 5 aromatic rings. The molecule has 3 N–H and O–H groups in total. The van der Waals surface area contributed by atoms with E-state index in [1.54, 1.807) is 24.3 Å². The number of H-pyrrole nitrogens is 1. The lowest BCUT2D eigenvalue weighted by Gasteiger charge is -2.08. The van der Waals surface area contributed by atoms with Crippen LogP contribution in [0.25, 0.3) is 22.2 Å². The first kappa shape index (κ1) is 21.4. The number of amides is 2. The van der Waals surface area contributed by atoms with Crippen LogP contribution in [-0.2, 0) is 6.54 Å². The highest BCUT2D eigenvalue weighted by atomic mass is 35.5. The minimum Gasteiger partial charge on any atom is -0.308 e. The van der Waals surface area contributed by atoms with E-state index >= 15 is 0 Å². The van der Waals surface area contributed by atoms with Gasteiger partial charge in [0.15, 0.2) is 5.82 Å². The molecule has 6 rings (SSSR count). The number of anilines is 2. The Morgan fingerprint density at radius 2 is 1.83 bits per heavy atom. The topological polar surface area (TPSA) is 101 Å². The molecule has 1 aliphatic rings. The van der Waals surface area contributed by atoms with Crippen molar-refractivity contribution >= 4 is 40.0 Å². The monoisotopic (exact) mass is 483 g/mol. The average molecular weight is 484 g/mol. The maximum atomic E-state index is 12.6. The smallest absolute Gasteiger partial charge is 0.308 e. The summed E-state index contributed by atoms with van der Waals surface area (Å²) >= 11 is 5.92. The molecule has 9 heteroatoms. The lowest BCUT2D eigenvalue weighted by molar-refractivity contribution is 0.262. The molecule has 0 radical (unpaired) electrons. The number of carbonyl (C=O) groups excluding carboxylic acids is 1. The third-order valence-corrected chi connectivity index (χ3v) is 6.33. The Labute approximate surface area is 206 Å². The summed E-state index contributed by atoms with van der Waals surface area (Å²) in [5, 5.41) is 23.4. The van der Waals surface area contributed by atoms with Crippen molar-refractivity contribution in [1.82, 2.24) is 25.2 Å². The Hall–Kier alpha value is -4.17. The summed E-state index contributed by atoms with van der Waals surface area (Å²) < 4.78 is 2.01. The molecule has 0 atom stereocenters. The molecule has 2 heterocycles. The summed E-state index contributed by atoms with van der Waals surface area (Å²) in [6, 6.07) is 22.8. The fourth-order valence-corrected chi connectivity index (χ4v) is 4.35. The van der Waals surface area contributed by atoms with Crippen LogP contribution in [-0.4, -0.2) is 31.2 Å². The van der Waals surface area contributed by atoms with Crippen molar-refractivity contribution in [2.75, 3.05) is 10.6 Å². The molecule has 0 spiro atoms. The van der Waals surface area contributed by atoms with Crippen molar-refractivity contribution < 1.29 is 4.79 Å². The highest BCUT2D eigenvalue weighted by Gasteiger charge is 2.32. The van der Waals surface area contributed by atoms with Gasteiger partial charge in [0.05, 0.1) is 17.8 Å². The van der Waals surface area contributed by atoms with Gasteiger partial charge in [0, 0.05) is 27.6 Å². The molecule has 1 fully saturated rings. The minimum atomic E-state index is -0.390.